The molecule has 0 N–H and O–H groups in total. The van der Waals surface area contributed by atoms with Gasteiger partial charge < -0.3 is 4.74 Å². The molecule has 0 aliphatic heterocycles. The van der Waals surface area contributed by atoms with Crippen molar-refractivity contribution >= 4 is 5.97 Å². The normalized spacial score (nSPS) is 33.3. The van der Waals surface area contributed by atoms with Gasteiger partial charge in [0.1, 0.15) is 0 Å². The molecule has 2 bridgehead atoms. The highest BCUT2D eigenvalue weighted by atomic mass is 16.5. The van der Waals surface area contributed by atoms with E-state index in [1.54, 1.807) is 0 Å². The number of carbonyl (C=O) groups is 1. The van der Waals surface area contributed by atoms with Crippen molar-refractivity contribution in [2.45, 2.75) is 33.6 Å². The molecule has 1 saturated carbocycles. The van der Waals surface area contributed by atoms with Gasteiger partial charge in [0, 0.05) is 5.57 Å². The minimum absolute atomic E-state index is 0.0666. The highest BCUT2D eigenvalue weighted by Crippen LogP contribution is 2.47. The largest absolute Gasteiger partial charge is 0.462 e. The van der Waals surface area contributed by atoms with Gasteiger partial charge in [0.15, 0.2) is 0 Å². The summed E-state index contributed by atoms with van der Waals surface area (Å²) in [5.41, 5.74) is 0.957. The van der Waals surface area contributed by atoms with Crippen LogP contribution in [-0.2, 0) is 9.53 Å². The molecule has 3 atom stereocenters. The van der Waals surface area contributed by atoms with Gasteiger partial charge in [-0.3, -0.25) is 0 Å². The Labute approximate surface area is 91.7 Å². The first kappa shape index (κ1) is 10.7. The summed E-state index contributed by atoms with van der Waals surface area (Å²) >= 11 is 0. The van der Waals surface area contributed by atoms with Crippen LogP contribution < -0.4 is 0 Å². The van der Waals surface area contributed by atoms with Crippen molar-refractivity contribution in [1.82, 2.24) is 0 Å². The zero-order chi connectivity index (χ0) is 11.0. The van der Waals surface area contributed by atoms with E-state index < -0.39 is 0 Å². The Bertz CT molecular complexity index is 291. The lowest BCUT2D eigenvalue weighted by Crippen LogP contribution is -2.17. The molecule has 0 aromatic heterocycles. The van der Waals surface area contributed by atoms with Gasteiger partial charge >= 0.3 is 5.97 Å². The molecule has 84 valence electrons. The predicted octanol–water partition coefficient (Wildman–Crippen LogP) is 2.79. The average molecular weight is 208 g/mol. The predicted molar refractivity (Wildman–Crippen MR) is 59.3 cm³/mol. The minimum atomic E-state index is -0.0666. The molecule has 15 heavy (non-hydrogen) atoms. The molecule has 0 saturated heterocycles. The van der Waals surface area contributed by atoms with Gasteiger partial charge in [0.25, 0.3) is 0 Å². The molecule has 0 radical (unpaired) electrons. The lowest BCUT2D eigenvalue weighted by Gasteiger charge is -2.17. The molecule has 2 heteroatoms. The van der Waals surface area contributed by atoms with E-state index in [0.717, 1.165) is 11.5 Å². The van der Waals surface area contributed by atoms with Gasteiger partial charge in [0.2, 0.25) is 0 Å². The first-order valence-corrected chi connectivity index (χ1v) is 5.96. The molecule has 0 spiro atoms. The summed E-state index contributed by atoms with van der Waals surface area (Å²) in [6.07, 6.45) is 4.50. The van der Waals surface area contributed by atoms with Crippen LogP contribution in [0.3, 0.4) is 0 Å². The summed E-state index contributed by atoms with van der Waals surface area (Å²) < 4.78 is 5.27. The molecule has 0 aromatic carbocycles. The summed E-state index contributed by atoms with van der Waals surface area (Å²) in [5.74, 6) is 2.24. The van der Waals surface area contributed by atoms with Crippen LogP contribution in [0.25, 0.3) is 0 Å². The standard InChI is InChI=1S/C13H20O2/c1-8(2)7-15-13(14)12-6-10-5-11(12)4-9(10)3/h6,8-11H,4-5,7H2,1-3H3. The van der Waals surface area contributed by atoms with Crippen molar-refractivity contribution in [2.24, 2.45) is 23.7 Å². The van der Waals surface area contributed by atoms with E-state index in [9.17, 15) is 4.79 Å². The second-order valence-corrected chi connectivity index (χ2v) is 5.42. The van der Waals surface area contributed by atoms with E-state index in [4.69, 9.17) is 4.74 Å². The van der Waals surface area contributed by atoms with E-state index in [1.165, 1.54) is 12.8 Å². The van der Waals surface area contributed by atoms with Crippen LogP contribution in [-0.4, -0.2) is 12.6 Å². The fraction of sp³-hybridized carbons (Fsp3) is 0.769. The second-order valence-electron chi connectivity index (χ2n) is 5.42. The highest BCUT2D eigenvalue weighted by Gasteiger charge is 2.40. The molecule has 1 fully saturated rings. The number of rotatable bonds is 3. The molecule has 0 aromatic rings. The Hall–Kier alpha value is -0.790. The molecule has 3 unspecified atom stereocenters. The summed E-state index contributed by atoms with van der Waals surface area (Å²) in [5, 5.41) is 0. The fourth-order valence-corrected chi connectivity index (χ4v) is 2.69. The maximum Gasteiger partial charge on any atom is 0.333 e. The van der Waals surface area contributed by atoms with E-state index in [0.29, 0.717) is 24.4 Å². The molecule has 2 rings (SSSR count). The van der Waals surface area contributed by atoms with Crippen LogP contribution in [0, 0.1) is 23.7 Å². The van der Waals surface area contributed by atoms with E-state index >= 15 is 0 Å². The third-order valence-corrected chi connectivity index (χ3v) is 3.56. The van der Waals surface area contributed by atoms with E-state index in [2.05, 4.69) is 26.8 Å². The number of allylic oxidation sites excluding steroid dienone is 1. The Morgan fingerprint density at radius 3 is 2.73 bits per heavy atom. The smallest absolute Gasteiger partial charge is 0.333 e. The van der Waals surface area contributed by atoms with Gasteiger partial charge in [-0.2, -0.15) is 0 Å². The molecule has 2 nitrogen and oxygen atoms in total. The number of carbonyl (C=O) groups excluding carboxylic acids is 1. The molecular formula is C13H20O2. The van der Waals surface area contributed by atoms with Gasteiger partial charge in [-0.05, 0) is 36.5 Å². The maximum absolute atomic E-state index is 11.8. The van der Waals surface area contributed by atoms with Crippen LogP contribution in [0.15, 0.2) is 11.6 Å². The SMILES string of the molecule is CC(C)COC(=O)C1=CC2CC1CC2C. The lowest BCUT2D eigenvalue weighted by molar-refractivity contribution is -0.140. The Morgan fingerprint density at radius 2 is 2.27 bits per heavy atom. The lowest BCUT2D eigenvalue weighted by atomic mass is 9.91. The van der Waals surface area contributed by atoms with E-state index in [1.807, 2.05) is 0 Å². The first-order valence-electron chi connectivity index (χ1n) is 5.96. The number of hydrogen-bond donors (Lipinski definition) is 0. The van der Waals surface area contributed by atoms with Crippen LogP contribution in [0.4, 0.5) is 0 Å². The number of fused-ring (bicyclic) bond motifs is 2. The van der Waals surface area contributed by atoms with Gasteiger partial charge in [-0.1, -0.05) is 26.8 Å². The Balaban J connectivity index is 1.93. The summed E-state index contributed by atoms with van der Waals surface area (Å²) in [6.45, 7) is 6.94. The van der Waals surface area contributed by atoms with Crippen molar-refractivity contribution in [2.75, 3.05) is 6.61 Å². The zero-order valence-corrected chi connectivity index (χ0v) is 9.82. The van der Waals surface area contributed by atoms with Gasteiger partial charge in [0.05, 0.1) is 6.61 Å². The quantitative estimate of drug-likeness (QED) is 0.667. The van der Waals surface area contributed by atoms with Crippen molar-refractivity contribution in [3.63, 3.8) is 0 Å². The Kier molecular flexibility index (Phi) is 2.85. The third kappa shape index (κ3) is 2.09. The van der Waals surface area contributed by atoms with Crippen LogP contribution >= 0.6 is 0 Å². The zero-order valence-electron chi connectivity index (χ0n) is 9.82. The van der Waals surface area contributed by atoms with Crippen molar-refractivity contribution in [1.29, 1.82) is 0 Å². The van der Waals surface area contributed by atoms with Crippen molar-refractivity contribution in [3.8, 4) is 0 Å². The van der Waals surface area contributed by atoms with Gasteiger partial charge in [-0.15, -0.1) is 0 Å². The minimum Gasteiger partial charge on any atom is -0.462 e. The average Bonchev–Trinajstić information content (AvgIpc) is 2.72. The van der Waals surface area contributed by atoms with Crippen LogP contribution in [0.2, 0.25) is 0 Å². The molecule has 2 aliphatic carbocycles. The topological polar surface area (TPSA) is 26.3 Å². The molecule has 2 aliphatic rings. The molecule has 0 heterocycles. The molecule has 0 amide bonds. The molecular weight excluding hydrogens is 188 g/mol. The monoisotopic (exact) mass is 208 g/mol. The maximum atomic E-state index is 11.8. The number of ether oxygens (including phenoxy) is 1. The fourth-order valence-electron chi connectivity index (χ4n) is 2.69. The van der Waals surface area contributed by atoms with Crippen molar-refractivity contribution in [3.05, 3.63) is 11.6 Å². The summed E-state index contributed by atoms with van der Waals surface area (Å²) in [6, 6.07) is 0. The third-order valence-electron chi connectivity index (χ3n) is 3.56. The number of hydrogen-bond acceptors (Lipinski definition) is 2. The van der Waals surface area contributed by atoms with Crippen LogP contribution in [0.5, 0.6) is 0 Å². The number of esters is 1. The summed E-state index contributed by atoms with van der Waals surface area (Å²) in [4.78, 5) is 11.8. The van der Waals surface area contributed by atoms with E-state index in [-0.39, 0.29) is 5.97 Å². The highest BCUT2D eigenvalue weighted by molar-refractivity contribution is 5.90. The Morgan fingerprint density at radius 1 is 1.53 bits per heavy atom. The second kappa shape index (κ2) is 3.99. The van der Waals surface area contributed by atoms with Gasteiger partial charge in [-0.25, -0.2) is 4.79 Å². The first-order chi connectivity index (χ1) is 7.08. The summed E-state index contributed by atoms with van der Waals surface area (Å²) in [7, 11) is 0. The van der Waals surface area contributed by atoms with Crippen molar-refractivity contribution < 1.29 is 9.53 Å². The van der Waals surface area contributed by atoms with Crippen LogP contribution in [0.1, 0.15) is 33.6 Å².